The van der Waals surface area contributed by atoms with Crippen molar-refractivity contribution >= 4 is 22.1 Å². The molecule has 0 radical (unpaired) electrons. The van der Waals surface area contributed by atoms with Crippen molar-refractivity contribution in [3.8, 4) is 0 Å². The minimum absolute atomic E-state index is 0.478. The third-order valence-corrected chi connectivity index (χ3v) is 1.13. The standard InChI is InChI=1S/C5H6O7S/c6-4(7)1-2-5(8)12-3-13(9,10)11/h1-2H,3H2,(H,6,7)(H,9,10,11). The third kappa shape index (κ3) is 8.50. The Balaban J connectivity index is 3.98. The lowest BCUT2D eigenvalue weighted by molar-refractivity contribution is -0.137. The monoisotopic (exact) mass is 210 g/mol. The van der Waals surface area contributed by atoms with E-state index in [1.54, 1.807) is 0 Å². The smallest absolute Gasteiger partial charge is 0.332 e. The highest BCUT2D eigenvalue weighted by Gasteiger charge is 2.07. The fourth-order valence-corrected chi connectivity index (χ4v) is 0.585. The van der Waals surface area contributed by atoms with Gasteiger partial charge in [0, 0.05) is 12.2 Å². The van der Waals surface area contributed by atoms with Crippen LogP contribution in [0.25, 0.3) is 0 Å². The van der Waals surface area contributed by atoms with E-state index in [0.29, 0.717) is 12.2 Å². The van der Waals surface area contributed by atoms with Crippen molar-refractivity contribution in [3.63, 3.8) is 0 Å². The van der Waals surface area contributed by atoms with Gasteiger partial charge >= 0.3 is 22.1 Å². The van der Waals surface area contributed by atoms with Crippen LogP contribution in [-0.4, -0.2) is 36.0 Å². The zero-order valence-corrected chi connectivity index (χ0v) is 7.02. The summed E-state index contributed by atoms with van der Waals surface area (Å²) in [4.78, 5) is 20.3. The molecular formula is C5H6O7S. The molecule has 0 aromatic rings. The molecule has 74 valence electrons. The second-order valence-electron chi connectivity index (χ2n) is 1.83. The molecular weight excluding hydrogens is 204 g/mol. The first-order valence-electron chi connectivity index (χ1n) is 2.84. The highest BCUT2D eigenvalue weighted by molar-refractivity contribution is 7.85. The van der Waals surface area contributed by atoms with Gasteiger partial charge in [0.05, 0.1) is 0 Å². The van der Waals surface area contributed by atoms with E-state index < -0.39 is 28.0 Å². The van der Waals surface area contributed by atoms with Gasteiger partial charge in [-0.2, -0.15) is 8.42 Å². The van der Waals surface area contributed by atoms with E-state index >= 15 is 0 Å². The lowest BCUT2D eigenvalue weighted by atomic mass is 10.5. The Morgan fingerprint density at radius 2 is 1.85 bits per heavy atom. The van der Waals surface area contributed by atoms with Crippen LogP contribution in [0.3, 0.4) is 0 Å². The van der Waals surface area contributed by atoms with Gasteiger partial charge < -0.3 is 9.84 Å². The number of hydrogen-bond donors (Lipinski definition) is 2. The van der Waals surface area contributed by atoms with E-state index in [2.05, 4.69) is 4.74 Å². The van der Waals surface area contributed by atoms with Crippen LogP contribution in [0.4, 0.5) is 0 Å². The second-order valence-corrected chi connectivity index (χ2v) is 3.23. The van der Waals surface area contributed by atoms with Crippen molar-refractivity contribution in [2.75, 3.05) is 5.94 Å². The summed E-state index contributed by atoms with van der Waals surface area (Å²) < 4.78 is 32.1. The number of ether oxygens (including phenoxy) is 1. The topological polar surface area (TPSA) is 118 Å². The summed E-state index contributed by atoms with van der Waals surface area (Å²) in [6, 6.07) is 0. The summed E-state index contributed by atoms with van der Waals surface area (Å²) in [5.41, 5.74) is 0. The Hall–Kier alpha value is -1.41. The van der Waals surface area contributed by atoms with Gasteiger partial charge in [0.2, 0.25) is 5.94 Å². The maximum atomic E-state index is 10.4. The summed E-state index contributed by atoms with van der Waals surface area (Å²) in [7, 11) is -4.38. The van der Waals surface area contributed by atoms with Crippen LogP contribution in [0.5, 0.6) is 0 Å². The molecule has 0 aliphatic rings. The zero-order chi connectivity index (χ0) is 10.5. The molecule has 0 rings (SSSR count). The molecule has 7 nitrogen and oxygen atoms in total. The average molecular weight is 210 g/mol. The van der Waals surface area contributed by atoms with Crippen LogP contribution < -0.4 is 0 Å². The number of carbonyl (C=O) groups excluding carboxylic acids is 1. The fraction of sp³-hybridized carbons (Fsp3) is 0.200. The maximum absolute atomic E-state index is 10.4. The van der Waals surface area contributed by atoms with Gasteiger partial charge in [0.25, 0.3) is 0 Å². The molecule has 0 aliphatic carbocycles. The maximum Gasteiger partial charge on any atom is 0.332 e. The average Bonchev–Trinajstić information content (AvgIpc) is 1.95. The molecule has 2 N–H and O–H groups in total. The van der Waals surface area contributed by atoms with Gasteiger partial charge in [-0.1, -0.05) is 0 Å². The summed E-state index contributed by atoms with van der Waals surface area (Å²) in [5.74, 6) is -3.74. The van der Waals surface area contributed by atoms with Crippen molar-refractivity contribution < 1.29 is 32.4 Å². The van der Waals surface area contributed by atoms with Crippen LogP contribution in [0.2, 0.25) is 0 Å². The molecule has 0 atom stereocenters. The van der Waals surface area contributed by atoms with E-state index in [1.807, 2.05) is 0 Å². The molecule has 0 spiro atoms. The molecule has 0 aliphatic heterocycles. The number of carbonyl (C=O) groups is 2. The highest BCUT2D eigenvalue weighted by atomic mass is 32.2. The Morgan fingerprint density at radius 1 is 1.31 bits per heavy atom. The summed E-state index contributed by atoms with van der Waals surface area (Å²) in [6.45, 7) is 0. The van der Waals surface area contributed by atoms with Crippen molar-refractivity contribution in [1.82, 2.24) is 0 Å². The first kappa shape index (κ1) is 11.6. The summed E-state index contributed by atoms with van der Waals surface area (Å²) >= 11 is 0. The van der Waals surface area contributed by atoms with E-state index in [9.17, 15) is 18.0 Å². The quantitative estimate of drug-likeness (QED) is 0.347. The van der Waals surface area contributed by atoms with Gasteiger partial charge in [0.1, 0.15) is 0 Å². The van der Waals surface area contributed by atoms with Crippen molar-refractivity contribution in [1.29, 1.82) is 0 Å². The minimum Gasteiger partial charge on any atom is -0.478 e. The van der Waals surface area contributed by atoms with Gasteiger partial charge in [-0.3, -0.25) is 4.55 Å². The third-order valence-electron chi connectivity index (χ3n) is 0.712. The van der Waals surface area contributed by atoms with Gasteiger partial charge in [-0.25, -0.2) is 9.59 Å². The van der Waals surface area contributed by atoms with E-state index in [1.165, 1.54) is 0 Å². The molecule has 0 aromatic carbocycles. The van der Waals surface area contributed by atoms with Crippen LogP contribution in [0.15, 0.2) is 12.2 Å². The normalized spacial score (nSPS) is 11.5. The van der Waals surface area contributed by atoms with Crippen LogP contribution >= 0.6 is 0 Å². The highest BCUT2D eigenvalue weighted by Crippen LogP contribution is 1.87. The molecule has 13 heavy (non-hydrogen) atoms. The van der Waals surface area contributed by atoms with Gasteiger partial charge in [-0.05, 0) is 0 Å². The largest absolute Gasteiger partial charge is 0.478 e. The zero-order valence-electron chi connectivity index (χ0n) is 6.21. The minimum atomic E-state index is -4.38. The summed E-state index contributed by atoms with van der Waals surface area (Å²) in [6.07, 6.45) is 1.000. The van der Waals surface area contributed by atoms with Crippen molar-refractivity contribution in [3.05, 3.63) is 12.2 Å². The Bertz CT molecular complexity index is 325. The van der Waals surface area contributed by atoms with Gasteiger partial charge in [-0.15, -0.1) is 0 Å². The lowest BCUT2D eigenvalue weighted by Crippen LogP contribution is -2.11. The first-order valence-corrected chi connectivity index (χ1v) is 4.45. The predicted molar refractivity (Wildman–Crippen MR) is 39.3 cm³/mol. The first-order chi connectivity index (χ1) is 5.81. The number of esters is 1. The van der Waals surface area contributed by atoms with Crippen LogP contribution in [0.1, 0.15) is 0 Å². The molecule has 0 fully saturated rings. The molecule has 0 saturated carbocycles. The molecule has 0 amide bonds. The van der Waals surface area contributed by atoms with E-state index in [-0.39, 0.29) is 0 Å². The second kappa shape index (κ2) is 4.58. The van der Waals surface area contributed by atoms with E-state index in [4.69, 9.17) is 9.66 Å². The SMILES string of the molecule is O=C(O)C=CC(=O)OCS(=O)(=O)O. The predicted octanol–water partition coefficient (Wildman–Crippen LogP) is -0.984. The molecule has 0 unspecified atom stereocenters. The van der Waals surface area contributed by atoms with E-state index in [0.717, 1.165) is 0 Å². The lowest BCUT2D eigenvalue weighted by Gasteiger charge is -1.96. The number of carboxylic acid groups (broad SMARTS) is 1. The molecule has 0 bridgehead atoms. The number of carboxylic acids is 1. The molecule has 8 heteroatoms. The molecule has 0 heterocycles. The Morgan fingerprint density at radius 3 is 2.23 bits per heavy atom. The molecule has 0 aromatic heterocycles. The van der Waals surface area contributed by atoms with Crippen LogP contribution in [0, 0.1) is 0 Å². The molecule has 0 saturated heterocycles. The van der Waals surface area contributed by atoms with Crippen molar-refractivity contribution in [2.24, 2.45) is 0 Å². The Kier molecular flexibility index (Phi) is 4.08. The summed E-state index contributed by atoms with van der Waals surface area (Å²) in [5, 5.41) is 8.03. The Labute approximate surface area is 73.4 Å². The van der Waals surface area contributed by atoms with Crippen LogP contribution in [-0.2, 0) is 24.4 Å². The van der Waals surface area contributed by atoms with Gasteiger partial charge in [0.15, 0.2) is 0 Å². The van der Waals surface area contributed by atoms with Crippen molar-refractivity contribution in [2.45, 2.75) is 0 Å². The fourth-order valence-electron chi connectivity index (χ4n) is 0.320. The number of aliphatic carboxylic acids is 1. The number of rotatable bonds is 4. The number of hydrogen-bond acceptors (Lipinski definition) is 5.